The maximum atomic E-state index is 13.6. The highest BCUT2D eigenvalue weighted by atomic mass is 16.6. The number of hydrogen-bond acceptors (Lipinski definition) is 8. The van der Waals surface area contributed by atoms with Gasteiger partial charge in [0.05, 0.1) is 18.6 Å². The highest BCUT2D eigenvalue weighted by molar-refractivity contribution is 6.04. The van der Waals surface area contributed by atoms with Gasteiger partial charge in [-0.1, -0.05) is 13.5 Å². The van der Waals surface area contributed by atoms with E-state index in [9.17, 15) is 24.6 Å². The lowest BCUT2D eigenvalue weighted by atomic mass is 9.36. The Labute approximate surface area is 187 Å². The summed E-state index contributed by atoms with van der Waals surface area (Å²) in [7, 11) is 0. The predicted octanol–water partition coefficient (Wildman–Crippen LogP) is 1.52. The topological polar surface area (TPSA) is 119 Å². The van der Waals surface area contributed by atoms with Gasteiger partial charge in [-0.2, -0.15) is 0 Å². The van der Waals surface area contributed by atoms with Crippen LogP contribution in [0.1, 0.15) is 52.9 Å². The molecule has 32 heavy (non-hydrogen) atoms. The Morgan fingerprint density at radius 2 is 1.94 bits per heavy atom. The fraction of sp³-hybridized carbons (Fsp3) is 0.792. The Kier molecular flexibility index (Phi) is 4.57. The van der Waals surface area contributed by atoms with Crippen LogP contribution in [0.3, 0.4) is 0 Å². The SMILES string of the molecule is C=C1C(=O)[C@]23C[C@H]1CC[C@H]2[C@@]12CO[C@@]3(O)[C@@H](O)[C@@H]1[C@@](C)(COC(C)=O)CC[C@H]2OC(C)=O. The van der Waals surface area contributed by atoms with E-state index in [0.717, 1.165) is 6.42 Å². The summed E-state index contributed by atoms with van der Waals surface area (Å²) in [5.41, 5.74) is -2.39. The Morgan fingerprint density at radius 1 is 1.22 bits per heavy atom. The van der Waals surface area contributed by atoms with Gasteiger partial charge in [0.15, 0.2) is 5.78 Å². The number of esters is 2. The van der Waals surface area contributed by atoms with E-state index in [1.54, 1.807) is 0 Å². The van der Waals surface area contributed by atoms with Gasteiger partial charge in [0, 0.05) is 30.6 Å². The van der Waals surface area contributed by atoms with Gasteiger partial charge in [-0.3, -0.25) is 14.4 Å². The normalized spacial score (nSPS) is 51.1. The largest absolute Gasteiger partial charge is 0.465 e. The van der Waals surface area contributed by atoms with Crippen molar-refractivity contribution in [2.75, 3.05) is 13.2 Å². The molecule has 8 nitrogen and oxygen atoms in total. The third-order valence-corrected chi connectivity index (χ3v) is 9.52. The maximum absolute atomic E-state index is 13.6. The summed E-state index contributed by atoms with van der Waals surface area (Å²) < 4.78 is 17.3. The molecule has 4 aliphatic carbocycles. The number of allylic oxidation sites excluding steroid dienone is 1. The quantitative estimate of drug-likeness (QED) is 0.493. The third kappa shape index (κ3) is 2.36. The number of rotatable bonds is 3. The van der Waals surface area contributed by atoms with E-state index < -0.39 is 52.1 Å². The van der Waals surface area contributed by atoms with Gasteiger partial charge in [-0.25, -0.2) is 0 Å². The number of ketones is 1. The lowest BCUT2D eigenvalue weighted by molar-refractivity contribution is -0.450. The lowest BCUT2D eigenvalue weighted by Gasteiger charge is -2.74. The van der Waals surface area contributed by atoms with Crippen LogP contribution >= 0.6 is 0 Å². The van der Waals surface area contributed by atoms with Crippen LogP contribution in [0.25, 0.3) is 0 Å². The van der Waals surface area contributed by atoms with Crippen molar-refractivity contribution in [3.63, 3.8) is 0 Å². The molecule has 0 aromatic carbocycles. The van der Waals surface area contributed by atoms with E-state index >= 15 is 0 Å². The summed E-state index contributed by atoms with van der Waals surface area (Å²) >= 11 is 0. The van der Waals surface area contributed by atoms with Gasteiger partial charge in [-0.15, -0.1) is 0 Å². The van der Waals surface area contributed by atoms with Gasteiger partial charge in [0.1, 0.15) is 12.2 Å². The van der Waals surface area contributed by atoms with Crippen LogP contribution < -0.4 is 0 Å². The molecular weight excluding hydrogens is 416 g/mol. The van der Waals surface area contributed by atoms with Crippen LogP contribution in [-0.2, 0) is 28.6 Å². The van der Waals surface area contributed by atoms with Crippen molar-refractivity contribution in [2.45, 2.75) is 70.9 Å². The van der Waals surface area contributed by atoms with E-state index in [1.165, 1.54) is 13.8 Å². The molecule has 4 bridgehead atoms. The first-order chi connectivity index (χ1) is 14.9. The van der Waals surface area contributed by atoms with Crippen LogP contribution in [-0.4, -0.2) is 59.1 Å². The second-order valence-electron chi connectivity index (χ2n) is 10.9. The number of Topliss-reactive ketones (excluding diaryl/α,β-unsaturated/α-hetero) is 1. The average molecular weight is 449 g/mol. The maximum Gasteiger partial charge on any atom is 0.302 e. The summed E-state index contributed by atoms with van der Waals surface area (Å²) in [5.74, 6) is -4.13. The summed E-state index contributed by atoms with van der Waals surface area (Å²) in [6.07, 6.45) is 0.825. The van der Waals surface area contributed by atoms with E-state index in [0.29, 0.717) is 31.3 Å². The molecule has 176 valence electrons. The van der Waals surface area contributed by atoms with Crippen molar-refractivity contribution in [1.29, 1.82) is 0 Å². The average Bonchev–Trinajstić information content (AvgIpc) is 2.92. The molecule has 2 N–H and O–H groups in total. The lowest BCUT2D eigenvalue weighted by Crippen LogP contribution is -2.84. The molecule has 0 aromatic rings. The molecule has 0 unspecified atom stereocenters. The number of ether oxygens (including phenoxy) is 3. The monoisotopic (exact) mass is 448 g/mol. The van der Waals surface area contributed by atoms with E-state index in [1.807, 2.05) is 6.92 Å². The van der Waals surface area contributed by atoms with Crippen LogP contribution in [0.15, 0.2) is 12.2 Å². The molecule has 9 atom stereocenters. The first-order valence-electron chi connectivity index (χ1n) is 11.5. The summed E-state index contributed by atoms with van der Waals surface area (Å²) in [4.78, 5) is 37.3. The molecule has 0 amide bonds. The molecule has 2 heterocycles. The minimum atomic E-state index is -2.06. The highest BCUT2D eigenvalue weighted by Gasteiger charge is 2.85. The minimum Gasteiger partial charge on any atom is -0.465 e. The zero-order chi connectivity index (χ0) is 23.3. The molecular formula is C24H32O8. The second kappa shape index (κ2) is 6.64. The van der Waals surface area contributed by atoms with Gasteiger partial charge < -0.3 is 24.4 Å². The van der Waals surface area contributed by atoms with Crippen molar-refractivity contribution in [1.82, 2.24) is 0 Å². The van der Waals surface area contributed by atoms with Crippen LogP contribution in [0.2, 0.25) is 0 Å². The van der Waals surface area contributed by atoms with E-state index in [-0.39, 0.29) is 30.8 Å². The van der Waals surface area contributed by atoms with Gasteiger partial charge in [-0.05, 0) is 49.5 Å². The zero-order valence-electron chi connectivity index (χ0n) is 18.9. The minimum absolute atomic E-state index is 0.0454. The number of hydrogen-bond donors (Lipinski definition) is 2. The fourth-order valence-electron chi connectivity index (χ4n) is 8.42. The standard InChI is InChI=1S/C24H32O8/c1-12-15-5-6-16-22-11-31-24(29,23(16,9-15)19(12)27)20(28)18(22)21(4,10-30-13(2)25)8-7-17(22)32-14(3)26/h15-18,20,28-29H,1,5-11H2,2-4H3/t15-,16+,17-,18-,20+,21-,22-,23+,24+/m1/s1. The number of carbonyl (C=O) groups excluding carboxylic acids is 3. The predicted molar refractivity (Wildman–Crippen MR) is 110 cm³/mol. The van der Waals surface area contributed by atoms with Crippen LogP contribution in [0, 0.1) is 34.0 Å². The Balaban J connectivity index is 1.70. The molecule has 6 fully saturated rings. The molecule has 2 saturated heterocycles. The van der Waals surface area contributed by atoms with Gasteiger partial charge in [0.2, 0.25) is 5.79 Å². The first-order valence-corrected chi connectivity index (χ1v) is 11.5. The smallest absolute Gasteiger partial charge is 0.302 e. The highest BCUT2D eigenvalue weighted by Crippen LogP contribution is 2.76. The van der Waals surface area contributed by atoms with Crippen LogP contribution in [0.4, 0.5) is 0 Å². The summed E-state index contributed by atoms with van der Waals surface area (Å²) in [6, 6.07) is 0. The van der Waals surface area contributed by atoms with Crippen molar-refractivity contribution >= 4 is 17.7 Å². The molecule has 0 radical (unpaired) electrons. The van der Waals surface area contributed by atoms with Gasteiger partial charge >= 0.3 is 11.9 Å². The molecule has 8 heteroatoms. The Morgan fingerprint density at radius 3 is 2.59 bits per heavy atom. The first kappa shape index (κ1) is 22.0. The molecule has 4 saturated carbocycles. The van der Waals surface area contributed by atoms with Crippen molar-refractivity contribution in [3.05, 3.63) is 12.2 Å². The zero-order valence-corrected chi connectivity index (χ0v) is 18.9. The van der Waals surface area contributed by atoms with Crippen molar-refractivity contribution < 1.29 is 38.8 Å². The molecule has 6 rings (SSSR count). The molecule has 2 spiro atoms. The van der Waals surface area contributed by atoms with E-state index in [2.05, 4.69) is 6.58 Å². The summed E-state index contributed by atoms with van der Waals surface area (Å²) in [5, 5.41) is 23.6. The Bertz CT molecular complexity index is 914. The fourth-order valence-corrected chi connectivity index (χ4v) is 8.42. The number of aliphatic hydroxyl groups is 2. The van der Waals surface area contributed by atoms with Gasteiger partial charge in [0.25, 0.3) is 0 Å². The number of fused-ring (bicyclic) bond motifs is 2. The Hall–Kier alpha value is -1.77. The number of carbonyl (C=O) groups is 3. The molecule has 2 aliphatic heterocycles. The summed E-state index contributed by atoms with van der Waals surface area (Å²) in [6.45, 7) is 8.77. The van der Waals surface area contributed by atoms with Crippen molar-refractivity contribution in [3.8, 4) is 0 Å². The molecule has 0 aromatic heterocycles. The van der Waals surface area contributed by atoms with Crippen molar-refractivity contribution in [2.24, 2.45) is 34.0 Å². The molecule has 6 aliphatic rings. The van der Waals surface area contributed by atoms with Crippen LogP contribution in [0.5, 0.6) is 0 Å². The number of aliphatic hydroxyl groups excluding tert-OH is 1. The van der Waals surface area contributed by atoms with E-state index in [4.69, 9.17) is 14.2 Å². The second-order valence-corrected chi connectivity index (χ2v) is 10.9. The third-order valence-electron chi connectivity index (χ3n) is 9.52.